The van der Waals surface area contributed by atoms with Gasteiger partial charge in [-0.05, 0) is 43.2 Å². The molecule has 0 saturated carbocycles. The van der Waals surface area contributed by atoms with E-state index in [1.807, 2.05) is 18.3 Å². The summed E-state index contributed by atoms with van der Waals surface area (Å²) in [4.78, 5) is 2.74. The van der Waals surface area contributed by atoms with Gasteiger partial charge in [0.2, 0.25) is 0 Å². The Morgan fingerprint density at radius 1 is 1.11 bits per heavy atom. The molecule has 3 unspecified atom stereocenters. The molecule has 0 bridgehead atoms. The van der Waals surface area contributed by atoms with Crippen molar-refractivity contribution < 1.29 is 10.2 Å². The van der Waals surface area contributed by atoms with E-state index in [2.05, 4.69) is 32.9 Å². The molecule has 0 aliphatic heterocycles. The van der Waals surface area contributed by atoms with E-state index in [1.54, 1.807) is 0 Å². The summed E-state index contributed by atoms with van der Waals surface area (Å²) < 4.78 is 0. The molecule has 0 saturated heterocycles. The van der Waals surface area contributed by atoms with Gasteiger partial charge in [0, 0.05) is 9.75 Å². The number of rotatable bonds is 8. The lowest BCUT2D eigenvalue weighted by Gasteiger charge is -2.20. The van der Waals surface area contributed by atoms with E-state index in [1.165, 1.54) is 9.75 Å². The van der Waals surface area contributed by atoms with Gasteiger partial charge in [0.15, 0.2) is 0 Å². The average Bonchev–Trinajstić information content (AvgIpc) is 2.76. The highest BCUT2D eigenvalue weighted by Crippen LogP contribution is 2.30. The van der Waals surface area contributed by atoms with Crippen molar-refractivity contribution in [3.63, 3.8) is 0 Å². The molecule has 0 aliphatic rings. The fourth-order valence-electron chi connectivity index (χ4n) is 2.30. The maximum atomic E-state index is 9.99. The highest BCUT2D eigenvalue weighted by atomic mass is 32.1. The third-order valence-corrected chi connectivity index (χ3v) is 4.74. The van der Waals surface area contributed by atoms with Crippen LogP contribution >= 0.6 is 11.3 Å². The first-order valence-electron chi connectivity index (χ1n) is 7.38. The lowest BCUT2D eigenvalue weighted by molar-refractivity contribution is 0.00653. The van der Waals surface area contributed by atoms with Crippen LogP contribution in [0.2, 0.25) is 0 Å². The Kier molecular flexibility index (Phi) is 7.05. The number of aliphatic hydroxyl groups excluding tert-OH is 2. The summed E-state index contributed by atoms with van der Waals surface area (Å²) in [6.07, 6.45) is 2.16. The number of hydrogen-bond acceptors (Lipinski definition) is 3. The van der Waals surface area contributed by atoms with Crippen LogP contribution in [0.1, 0.15) is 62.6 Å². The maximum absolute atomic E-state index is 9.99. The zero-order valence-electron chi connectivity index (χ0n) is 12.6. The van der Waals surface area contributed by atoms with E-state index in [0.29, 0.717) is 24.7 Å². The normalized spacial score (nSPS) is 16.6. The summed E-state index contributed by atoms with van der Waals surface area (Å²) in [5.41, 5.74) is 0. The van der Waals surface area contributed by atoms with Crippen LogP contribution in [0.15, 0.2) is 12.1 Å². The largest absolute Gasteiger partial charge is 0.390 e. The third-order valence-electron chi connectivity index (χ3n) is 3.40. The Hall–Kier alpha value is -0.380. The predicted octanol–water partition coefficient (Wildman–Crippen LogP) is 3.96. The van der Waals surface area contributed by atoms with Crippen LogP contribution in [-0.2, 0) is 6.42 Å². The standard InChI is InChI=1S/C16H28O2S/c1-5-6-14(17)15(18)10-12(4)16-8-7-13(19-16)9-11(2)3/h7-8,11-12,14-15,17-18H,5-6,9-10H2,1-4H3. The van der Waals surface area contributed by atoms with Crippen molar-refractivity contribution in [3.8, 4) is 0 Å². The van der Waals surface area contributed by atoms with Gasteiger partial charge in [-0.25, -0.2) is 0 Å². The van der Waals surface area contributed by atoms with Crippen molar-refractivity contribution in [2.75, 3.05) is 0 Å². The molecule has 19 heavy (non-hydrogen) atoms. The molecular weight excluding hydrogens is 256 g/mol. The topological polar surface area (TPSA) is 40.5 Å². The van der Waals surface area contributed by atoms with Crippen LogP contribution in [-0.4, -0.2) is 22.4 Å². The minimum atomic E-state index is -0.606. The van der Waals surface area contributed by atoms with Crippen molar-refractivity contribution >= 4 is 11.3 Å². The van der Waals surface area contributed by atoms with E-state index in [9.17, 15) is 10.2 Å². The van der Waals surface area contributed by atoms with Gasteiger partial charge in [0.05, 0.1) is 12.2 Å². The number of hydrogen-bond donors (Lipinski definition) is 2. The Balaban J connectivity index is 2.53. The first-order chi connectivity index (χ1) is 8.93. The van der Waals surface area contributed by atoms with Crippen molar-refractivity contribution in [1.82, 2.24) is 0 Å². The molecule has 0 aromatic carbocycles. The molecule has 1 aromatic heterocycles. The molecule has 0 aliphatic carbocycles. The van der Waals surface area contributed by atoms with Gasteiger partial charge < -0.3 is 10.2 Å². The minimum absolute atomic E-state index is 0.312. The van der Waals surface area contributed by atoms with E-state index in [-0.39, 0.29) is 0 Å². The summed E-state index contributed by atoms with van der Waals surface area (Å²) in [5, 5.41) is 19.8. The zero-order chi connectivity index (χ0) is 14.4. The highest BCUT2D eigenvalue weighted by molar-refractivity contribution is 7.12. The lowest BCUT2D eigenvalue weighted by atomic mass is 9.97. The zero-order valence-corrected chi connectivity index (χ0v) is 13.4. The fourth-order valence-corrected chi connectivity index (χ4v) is 3.58. The van der Waals surface area contributed by atoms with Crippen molar-refractivity contribution in [2.45, 2.75) is 71.5 Å². The molecular formula is C16H28O2S. The van der Waals surface area contributed by atoms with Crippen molar-refractivity contribution in [2.24, 2.45) is 5.92 Å². The first-order valence-corrected chi connectivity index (χ1v) is 8.20. The fraction of sp³-hybridized carbons (Fsp3) is 0.750. The van der Waals surface area contributed by atoms with E-state index < -0.39 is 12.2 Å². The Labute approximate surface area is 121 Å². The Morgan fingerprint density at radius 3 is 2.37 bits per heavy atom. The van der Waals surface area contributed by atoms with Gasteiger partial charge in [-0.15, -0.1) is 11.3 Å². The van der Waals surface area contributed by atoms with Gasteiger partial charge in [0.1, 0.15) is 0 Å². The molecule has 110 valence electrons. The molecule has 1 aromatic rings. The molecule has 1 rings (SSSR count). The average molecular weight is 284 g/mol. The molecule has 0 amide bonds. The number of aliphatic hydroxyl groups is 2. The van der Waals surface area contributed by atoms with Crippen LogP contribution < -0.4 is 0 Å². The summed E-state index contributed by atoms with van der Waals surface area (Å²) >= 11 is 1.84. The van der Waals surface area contributed by atoms with Crippen LogP contribution in [0.25, 0.3) is 0 Å². The minimum Gasteiger partial charge on any atom is -0.390 e. The van der Waals surface area contributed by atoms with Gasteiger partial charge in [-0.1, -0.05) is 34.1 Å². The summed E-state index contributed by atoms with van der Waals surface area (Å²) in [5.74, 6) is 0.992. The first kappa shape index (κ1) is 16.7. The van der Waals surface area contributed by atoms with Crippen LogP contribution in [0.5, 0.6) is 0 Å². The molecule has 1 heterocycles. The Bertz CT molecular complexity index is 359. The molecule has 2 N–H and O–H groups in total. The lowest BCUT2D eigenvalue weighted by Crippen LogP contribution is -2.26. The molecule has 0 radical (unpaired) electrons. The smallest absolute Gasteiger partial charge is 0.0805 e. The molecule has 0 spiro atoms. The summed E-state index contributed by atoms with van der Waals surface area (Å²) in [7, 11) is 0. The molecule has 3 atom stereocenters. The van der Waals surface area contributed by atoms with Crippen molar-refractivity contribution in [3.05, 3.63) is 21.9 Å². The maximum Gasteiger partial charge on any atom is 0.0805 e. The monoisotopic (exact) mass is 284 g/mol. The molecule has 2 nitrogen and oxygen atoms in total. The number of thiophene rings is 1. The highest BCUT2D eigenvalue weighted by Gasteiger charge is 2.20. The van der Waals surface area contributed by atoms with E-state index in [0.717, 1.165) is 12.8 Å². The summed E-state index contributed by atoms with van der Waals surface area (Å²) in [6.45, 7) is 8.62. The van der Waals surface area contributed by atoms with Gasteiger partial charge >= 0.3 is 0 Å². The molecule has 3 heteroatoms. The van der Waals surface area contributed by atoms with Crippen molar-refractivity contribution in [1.29, 1.82) is 0 Å². The summed E-state index contributed by atoms with van der Waals surface area (Å²) in [6, 6.07) is 4.37. The Morgan fingerprint density at radius 2 is 1.79 bits per heavy atom. The van der Waals surface area contributed by atoms with E-state index >= 15 is 0 Å². The quantitative estimate of drug-likeness (QED) is 0.758. The third kappa shape index (κ3) is 5.64. The van der Waals surface area contributed by atoms with Gasteiger partial charge in [0.25, 0.3) is 0 Å². The van der Waals surface area contributed by atoms with Gasteiger partial charge in [-0.2, -0.15) is 0 Å². The molecule has 0 fully saturated rings. The SMILES string of the molecule is CCCC(O)C(O)CC(C)c1ccc(CC(C)C)s1. The van der Waals surface area contributed by atoms with Gasteiger partial charge in [-0.3, -0.25) is 0 Å². The second kappa shape index (κ2) is 8.03. The second-order valence-electron chi connectivity index (χ2n) is 5.96. The van der Waals surface area contributed by atoms with E-state index in [4.69, 9.17) is 0 Å². The second-order valence-corrected chi connectivity index (χ2v) is 7.16. The van der Waals surface area contributed by atoms with Crippen LogP contribution in [0, 0.1) is 5.92 Å². The van der Waals surface area contributed by atoms with Crippen LogP contribution in [0.3, 0.4) is 0 Å². The predicted molar refractivity (Wildman–Crippen MR) is 82.8 cm³/mol. The van der Waals surface area contributed by atoms with Crippen LogP contribution in [0.4, 0.5) is 0 Å².